The highest BCUT2D eigenvalue weighted by Crippen LogP contribution is 2.48. The quantitative estimate of drug-likeness (QED) is 0.185. The molecule has 0 spiro atoms. The van der Waals surface area contributed by atoms with E-state index in [9.17, 15) is 9.18 Å². The summed E-state index contributed by atoms with van der Waals surface area (Å²) < 4.78 is 31.1. The van der Waals surface area contributed by atoms with E-state index in [1.54, 1.807) is 37.6 Å². The Labute approximate surface area is 216 Å². The number of carbonyl (C=O) groups is 1. The van der Waals surface area contributed by atoms with Gasteiger partial charge in [-0.15, -0.1) is 0 Å². The van der Waals surface area contributed by atoms with Gasteiger partial charge in [-0.1, -0.05) is 30.7 Å². The molecular formula is C28H32ClFN2O4. The van der Waals surface area contributed by atoms with Gasteiger partial charge in [0.1, 0.15) is 5.82 Å². The zero-order chi connectivity index (χ0) is 26.1. The zero-order valence-corrected chi connectivity index (χ0v) is 21.9. The Morgan fingerprint density at radius 1 is 1.06 bits per heavy atom. The number of ketones is 1. The van der Waals surface area contributed by atoms with Gasteiger partial charge in [0, 0.05) is 18.6 Å². The molecule has 0 saturated heterocycles. The average molecular weight is 515 g/mol. The number of ether oxygens (including phenoxy) is 3. The van der Waals surface area contributed by atoms with Crippen molar-refractivity contribution >= 4 is 17.4 Å². The highest BCUT2D eigenvalue weighted by Gasteiger charge is 2.27. The third-order valence-electron chi connectivity index (χ3n) is 6.03. The van der Waals surface area contributed by atoms with Crippen molar-refractivity contribution in [1.82, 2.24) is 9.97 Å². The van der Waals surface area contributed by atoms with Crippen LogP contribution in [0, 0.1) is 12.7 Å². The zero-order valence-electron chi connectivity index (χ0n) is 21.1. The van der Waals surface area contributed by atoms with Gasteiger partial charge in [-0.25, -0.2) is 4.39 Å². The van der Waals surface area contributed by atoms with Gasteiger partial charge in [0.2, 0.25) is 5.75 Å². The number of halogens is 2. The molecule has 1 aromatic heterocycles. The fraction of sp³-hybridized carbons (Fsp3) is 0.393. The lowest BCUT2D eigenvalue weighted by molar-refractivity contribution is 0.101. The van der Waals surface area contributed by atoms with Crippen LogP contribution in [0.5, 0.6) is 17.2 Å². The van der Waals surface area contributed by atoms with Crippen molar-refractivity contribution in [2.45, 2.75) is 52.4 Å². The molecule has 1 heterocycles. The minimum absolute atomic E-state index is 0.134. The van der Waals surface area contributed by atoms with E-state index >= 15 is 0 Å². The topological polar surface area (TPSA) is 70.5 Å². The van der Waals surface area contributed by atoms with Crippen LogP contribution < -0.4 is 14.2 Å². The van der Waals surface area contributed by atoms with Crippen LogP contribution in [-0.4, -0.2) is 36.1 Å². The van der Waals surface area contributed by atoms with Gasteiger partial charge in [0.25, 0.3) is 0 Å². The Bertz CT molecular complexity index is 1160. The summed E-state index contributed by atoms with van der Waals surface area (Å²) in [5, 5.41) is 0.319. The first-order chi connectivity index (χ1) is 17.3. The molecule has 0 bridgehead atoms. The van der Waals surface area contributed by atoms with E-state index < -0.39 is 0 Å². The largest absolute Gasteiger partial charge is 0.491 e. The molecule has 1 atom stereocenters. The number of nitrogens with zero attached hydrogens (tertiary/aromatic N) is 2. The first-order valence-electron chi connectivity index (χ1n) is 12.0. The Balaban J connectivity index is 1.75. The van der Waals surface area contributed by atoms with Crippen molar-refractivity contribution in [1.29, 1.82) is 0 Å². The summed E-state index contributed by atoms with van der Waals surface area (Å²) in [4.78, 5) is 20.9. The number of hydrogen-bond acceptors (Lipinski definition) is 6. The third kappa shape index (κ3) is 6.94. The monoisotopic (exact) mass is 514 g/mol. The smallest absolute Gasteiger partial charge is 0.205 e. The summed E-state index contributed by atoms with van der Waals surface area (Å²) in [5.41, 5.74) is 2.90. The van der Waals surface area contributed by atoms with Crippen LogP contribution >= 0.6 is 11.6 Å². The molecule has 0 N–H and O–H groups in total. The van der Waals surface area contributed by atoms with E-state index in [1.807, 2.05) is 6.92 Å². The van der Waals surface area contributed by atoms with Gasteiger partial charge in [0.15, 0.2) is 17.3 Å². The number of unbranched alkanes of at least 4 members (excludes halogenated alkanes) is 1. The lowest BCUT2D eigenvalue weighted by Crippen LogP contribution is -2.11. The number of methoxy groups -OCH3 is 1. The van der Waals surface area contributed by atoms with Gasteiger partial charge >= 0.3 is 0 Å². The van der Waals surface area contributed by atoms with Crippen molar-refractivity contribution in [2.24, 2.45) is 0 Å². The van der Waals surface area contributed by atoms with Crippen LogP contribution in [0.25, 0.3) is 0 Å². The van der Waals surface area contributed by atoms with Gasteiger partial charge in [-0.05, 0) is 68.7 Å². The van der Waals surface area contributed by atoms with Gasteiger partial charge in [0.05, 0.1) is 36.6 Å². The maximum atomic E-state index is 13.3. The summed E-state index contributed by atoms with van der Waals surface area (Å²) in [5.74, 6) is 0.694. The number of aromatic nitrogens is 2. The van der Waals surface area contributed by atoms with Gasteiger partial charge < -0.3 is 14.2 Å². The van der Waals surface area contributed by atoms with Crippen LogP contribution in [0.15, 0.2) is 42.9 Å². The fourth-order valence-electron chi connectivity index (χ4n) is 3.98. The average Bonchev–Trinajstić information content (AvgIpc) is 2.87. The van der Waals surface area contributed by atoms with Crippen LogP contribution in [-0.2, 0) is 6.42 Å². The Hall–Kier alpha value is -3.19. The number of carbonyl (C=O) groups excluding carboxylic acids is 1. The second-order valence-electron chi connectivity index (χ2n) is 8.65. The standard InChI is InChI=1S/C28H32ClFN2O4/c1-18(21-8-10-22(30)11-9-21)12-16-36-28-26(24(20(3)33)19(2)25(29)27(28)34-4)35-15-6-5-7-23-17-31-13-14-32-23/h8-11,13-14,17-18H,5-7,12,15-16H2,1-4H3. The number of rotatable bonds is 13. The van der Waals surface area contributed by atoms with Crippen molar-refractivity contribution in [3.8, 4) is 17.2 Å². The second kappa shape index (κ2) is 13.2. The SMILES string of the molecule is COc1c(Cl)c(C)c(C(C)=O)c(OCCCCc2cnccn2)c1OCCC(C)c1ccc(F)cc1. The van der Waals surface area contributed by atoms with E-state index in [0.717, 1.165) is 30.5 Å². The van der Waals surface area contributed by atoms with E-state index in [4.69, 9.17) is 25.8 Å². The predicted octanol–water partition coefficient (Wildman–Crippen LogP) is 6.76. The Kier molecular flexibility index (Phi) is 10.1. The summed E-state index contributed by atoms with van der Waals surface area (Å²) in [6, 6.07) is 6.44. The summed E-state index contributed by atoms with van der Waals surface area (Å²) >= 11 is 6.56. The van der Waals surface area contributed by atoms with Crippen molar-refractivity contribution in [3.63, 3.8) is 0 Å². The highest BCUT2D eigenvalue weighted by atomic mass is 35.5. The maximum Gasteiger partial charge on any atom is 0.205 e. The highest BCUT2D eigenvalue weighted by molar-refractivity contribution is 6.34. The summed E-state index contributed by atoms with van der Waals surface area (Å²) in [7, 11) is 1.51. The molecule has 36 heavy (non-hydrogen) atoms. The Morgan fingerprint density at radius 2 is 1.78 bits per heavy atom. The Morgan fingerprint density at radius 3 is 2.42 bits per heavy atom. The summed E-state index contributed by atoms with van der Waals surface area (Å²) in [6.07, 6.45) is 8.11. The normalized spacial score (nSPS) is 11.7. The third-order valence-corrected chi connectivity index (χ3v) is 6.48. The predicted molar refractivity (Wildman–Crippen MR) is 138 cm³/mol. The number of benzene rings is 2. The molecular weight excluding hydrogens is 483 g/mol. The fourth-order valence-corrected chi connectivity index (χ4v) is 4.24. The molecule has 0 radical (unpaired) electrons. The molecule has 1 unspecified atom stereocenters. The number of aryl methyl sites for hydroxylation is 1. The minimum Gasteiger partial charge on any atom is -0.491 e. The van der Waals surface area contributed by atoms with E-state index in [1.165, 1.54) is 26.2 Å². The van der Waals surface area contributed by atoms with Crippen LogP contribution in [0.3, 0.4) is 0 Å². The van der Waals surface area contributed by atoms with E-state index in [-0.39, 0.29) is 17.5 Å². The molecule has 0 aliphatic rings. The van der Waals surface area contributed by atoms with Crippen LogP contribution in [0.4, 0.5) is 4.39 Å². The lowest BCUT2D eigenvalue weighted by Gasteiger charge is -2.22. The van der Waals surface area contributed by atoms with Crippen molar-refractivity contribution < 1.29 is 23.4 Å². The molecule has 3 aromatic rings. The lowest BCUT2D eigenvalue weighted by atomic mass is 9.98. The molecule has 0 amide bonds. The first kappa shape index (κ1) is 27.4. The second-order valence-corrected chi connectivity index (χ2v) is 9.03. The van der Waals surface area contributed by atoms with Crippen LogP contribution in [0.2, 0.25) is 5.02 Å². The minimum atomic E-state index is -0.267. The molecule has 0 aliphatic carbocycles. The maximum absolute atomic E-state index is 13.3. The number of Topliss-reactive ketones (excluding diaryl/α,β-unsaturated/α-hetero) is 1. The molecule has 2 aromatic carbocycles. The molecule has 8 heteroatoms. The van der Waals surface area contributed by atoms with Crippen molar-refractivity contribution in [3.05, 3.63) is 76.1 Å². The van der Waals surface area contributed by atoms with E-state index in [0.29, 0.717) is 53.0 Å². The summed E-state index contributed by atoms with van der Waals surface area (Å²) in [6.45, 7) is 6.00. The molecule has 6 nitrogen and oxygen atoms in total. The van der Waals surface area contributed by atoms with E-state index in [2.05, 4.69) is 9.97 Å². The number of hydrogen-bond donors (Lipinski definition) is 0. The molecule has 3 rings (SSSR count). The van der Waals surface area contributed by atoms with Crippen molar-refractivity contribution in [2.75, 3.05) is 20.3 Å². The van der Waals surface area contributed by atoms with Gasteiger partial charge in [-0.3, -0.25) is 14.8 Å². The van der Waals surface area contributed by atoms with Crippen LogP contribution in [0.1, 0.15) is 66.2 Å². The first-order valence-corrected chi connectivity index (χ1v) is 12.4. The molecule has 192 valence electrons. The molecule has 0 fully saturated rings. The molecule has 0 aliphatic heterocycles. The molecule has 0 saturated carbocycles. The van der Waals surface area contributed by atoms with Gasteiger partial charge in [-0.2, -0.15) is 0 Å².